The molecule has 0 aliphatic rings. The first-order chi connectivity index (χ1) is 7.17. The van der Waals surface area contributed by atoms with Crippen LogP contribution in [0.4, 0.5) is 0 Å². The summed E-state index contributed by atoms with van der Waals surface area (Å²) in [5.74, 6) is 0. The van der Waals surface area contributed by atoms with E-state index in [1.807, 2.05) is 7.05 Å². The molecule has 0 aliphatic heterocycles. The van der Waals surface area contributed by atoms with Crippen LogP contribution >= 0.6 is 12.4 Å². The van der Waals surface area contributed by atoms with Gasteiger partial charge in [-0.15, -0.1) is 12.4 Å². The van der Waals surface area contributed by atoms with E-state index in [1.54, 1.807) is 12.3 Å². The van der Waals surface area contributed by atoms with Crippen LogP contribution in [0.15, 0.2) is 29.4 Å². The second-order valence-corrected chi connectivity index (χ2v) is 4.81. The summed E-state index contributed by atoms with van der Waals surface area (Å²) in [6, 6.07) is 3.12. The smallest absolute Gasteiger partial charge is 0.242 e. The number of hydrogen-bond donors (Lipinski definition) is 2. The third-order valence-electron chi connectivity index (χ3n) is 1.84. The van der Waals surface area contributed by atoms with E-state index >= 15 is 0 Å². The lowest BCUT2D eigenvalue weighted by molar-refractivity contribution is 0.577. The van der Waals surface area contributed by atoms with E-state index in [9.17, 15) is 8.42 Å². The van der Waals surface area contributed by atoms with Crippen LogP contribution in [0.1, 0.15) is 6.42 Å². The number of hydrogen-bond acceptors (Lipinski definition) is 4. The van der Waals surface area contributed by atoms with Gasteiger partial charge in [0.2, 0.25) is 10.0 Å². The fraction of sp³-hybridized carbons (Fsp3) is 0.444. The highest BCUT2D eigenvalue weighted by atomic mass is 35.5. The lowest BCUT2D eigenvalue weighted by Gasteiger charge is -2.05. The standard InChI is InChI=1S/C9H15N3O2S.ClH/c1-10-5-3-7-12-15(13,14)9-4-2-6-11-8-9;/h2,4,6,8,10,12H,3,5,7H2,1H3;1H. The number of sulfonamides is 1. The summed E-state index contributed by atoms with van der Waals surface area (Å²) in [5, 5.41) is 2.95. The topological polar surface area (TPSA) is 71.1 Å². The quantitative estimate of drug-likeness (QED) is 0.730. The molecule has 0 spiro atoms. The van der Waals surface area contributed by atoms with Gasteiger partial charge in [0.05, 0.1) is 0 Å². The summed E-state index contributed by atoms with van der Waals surface area (Å²) >= 11 is 0. The minimum absolute atomic E-state index is 0. The average molecular weight is 266 g/mol. The van der Waals surface area contributed by atoms with Gasteiger partial charge in [0.25, 0.3) is 0 Å². The van der Waals surface area contributed by atoms with Gasteiger partial charge in [0.1, 0.15) is 4.90 Å². The zero-order valence-corrected chi connectivity index (χ0v) is 10.6. The maximum atomic E-state index is 11.6. The Morgan fingerprint density at radius 1 is 1.38 bits per heavy atom. The molecular weight excluding hydrogens is 250 g/mol. The lowest BCUT2D eigenvalue weighted by atomic mass is 10.4. The van der Waals surface area contributed by atoms with Crippen molar-refractivity contribution in [3.8, 4) is 0 Å². The summed E-state index contributed by atoms with van der Waals surface area (Å²) in [4.78, 5) is 3.97. The number of rotatable bonds is 6. The van der Waals surface area contributed by atoms with E-state index in [4.69, 9.17) is 0 Å². The van der Waals surface area contributed by atoms with Crippen LogP contribution in [0.25, 0.3) is 0 Å². The van der Waals surface area contributed by atoms with Crippen molar-refractivity contribution in [2.24, 2.45) is 0 Å². The van der Waals surface area contributed by atoms with Crippen molar-refractivity contribution in [2.75, 3.05) is 20.1 Å². The number of nitrogens with zero attached hydrogens (tertiary/aromatic N) is 1. The zero-order valence-electron chi connectivity index (χ0n) is 9.01. The summed E-state index contributed by atoms with van der Waals surface area (Å²) in [6.45, 7) is 1.22. The van der Waals surface area contributed by atoms with Crippen LogP contribution in [-0.4, -0.2) is 33.5 Å². The van der Waals surface area contributed by atoms with Crippen LogP contribution < -0.4 is 10.0 Å². The van der Waals surface area contributed by atoms with Crippen molar-refractivity contribution < 1.29 is 8.42 Å². The number of aromatic nitrogens is 1. The Hall–Kier alpha value is -0.690. The Labute approximate surface area is 102 Å². The molecule has 0 bridgehead atoms. The summed E-state index contributed by atoms with van der Waals surface area (Å²) in [7, 11) is -1.55. The summed E-state index contributed by atoms with van der Waals surface area (Å²) in [6.07, 6.45) is 3.64. The van der Waals surface area contributed by atoms with Gasteiger partial charge in [-0.25, -0.2) is 13.1 Å². The zero-order chi connectivity index (χ0) is 11.1. The van der Waals surface area contributed by atoms with Crippen molar-refractivity contribution >= 4 is 22.4 Å². The van der Waals surface area contributed by atoms with Crippen LogP contribution in [0, 0.1) is 0 Å². The molecule has 5 nitrogen and oxygen atoms in total. The molecule has 2 N–H and O–H groups in total. The molecule has 1 aromatic heterocycles. The Morgan fingerprint density at radius 3 is 2.69 bits per heavy atom. The normalized spacial score (nSPS) is 10.8. The highest BCUT2D eigenvalue weighted by Crippen LogP contribution is 2.04. The van der Waals surface area contributed by atoms with Crippen LogP contribution in [0.5, 0.6) is 0 Å². The first-order valence-electron chi connectivity index (χ1n) is 4.71. The SMILES string of the molecule is CNCCCNS(=O)(=O)c1cccnc1.Cl. The minimum Gasteiger partial charge on any atom is -0.320 e. The molecule has 0 saturated heterocycles. The molecule has 92 valence electrons. The molecule has 1 heterocycles. The Morgan fingerprint density at radius 2 is 2.12 bits per heavy atom. The molecule has 7 heteroatoms. The van der Waals surface area contributed by atoms with E-state index in [2.05, 4.69) is 15.0 Å². The second kappa shape index (κ2) is 7.56. The molecule has 0 aromatic carbocycles. The molecule has 0 atom stereocenters. The van der Waals surface area contributed by atoms with Gasteiger partial charge < -0.3 is 5.32 Å². The fourth-order valence-corrected chi connectivity index (χ4v) is 2.10. The van der Waals surface area contributed by atoms with Gasteiger partial charge in [-0.3, -0.25) is 4.98 Å². The van der Waals surface area contributed by atoms with E-state index < -0.39 is 10.0 Å². The number of pyridine rings is 1. The molecule has 0 aliphatic carbocycles. The predicted molar refractivity (Wildman–Crippen MR) is 65.2 cm³/mol. The minimum atomic E-state index is -3.38. The highest BCUT2D eigenvalue weighted by molar-refractivity contribution is 7.89. The van der Waals surface area contributed by atoms with Crippen molar-refractivity contribution in [1.82, 2.24) is 15.0 Å². The second-order valence-electron chi connectivity index (χ2n) is 3.04. The maximum absolute atomic E-state index is 11.6. The van der Waals surface area contributed by atoms with Crippen molar-refractivity contribution in [3.05, 3.63) is 24.5 Å². The van der Waals surface area contributed by atoms with Crippen LogP contribution in [-0.2, 0) is 10.0 Å². The Balaban J connectivity index is 0.00000225. The van der Waals surface area contributed by atoms with Crippen molar-refractivity contribution in [2.45, 2.75) is 11.3 Å². The molecule has 1 aromatic rings. The van der Waals surface area contributed by atoms with Gasteiger partial charge in [-0.1, -0.05) is 0 Å². The molecular formula is C9H16ClN3O2S. The average Bonchev–Trinajstić information content (AvgIpc) is 2.26. The van der Waals surface area contributed by atoms with Crippen LogP contribution in [0.3, 0.4) is 0 Å². The fourth-order valence-electron chi connectivity index (χ4n) is 1.06. The monoisotopic (exact) mass is 265 g/mol. The van der Waals surface area contributed by atoms with Gasteiger partial charge in [0, 0.05) is 18.9 Å². The third-order valence-corrected chi connectivity index (χ3v) is 3.29. The molecule has 0 radical (unpaired) electrons. The van der Waals surface area contributed by atoms with E-state index in [1.165, 1.54) is 12.3 Å². The lowest BCUT2D eigenvalue weighted by Crippen LogP contribution is -2.26. The Kier molecular flexibility index (Phi) is 7.24. The number of nitrogens with one attached hydrogen (secondary N) is 2. The molecule has 0 amide bonds. The first-order valence-corrected chi connectivity index (χ1v) is 6.19. The maximum Gasteiger partial charge on any atom is 0.242 e. The summed E-state index contributed by atoms with van der Waals surface area (Å²) < 4.78 is 25.7. The van der Waals surface area contributed by atoms with Crippen molar-refractivity contribution in [1.29, 1.82) is 0 Å². The molecule has 1 rings (SSSR count). The molecule has 0 fully saturated rings. The molecule has 0 saturated carbocycles. The predicted octanol–water partition coefficient (Wildman–Crippen LogP) is 0.391. The van der Waals surface area contributed by atoms with Gasteiger partial charge >= 0.3 is 0 Å². The highest BCUT2D eigenvalue weighted by Gasteiger charge is 2.12. The molecule has 0 unspecified atom stereocenters. The third kappa shape index (κ3) is 4.89. The van der Waals surface area contributed by atoms with Gasteiger partial charge in [0.15, 0.2) is 0 Å². The van der Waals surface area contributed by atoms with Crippen LogP contribution in [0.2, 0.25) is 0 Å². The summed E-state index contributed by atoms with van der Waals surface area (Å²) in [5.41, 5.74) is 0. The van der Waals surface area contributed by atoms with Gasteiger partial charge in [-0.2, -0.15) is 0 Å². The largest absolute Gasteiger partial charge is 0.320 e. The van der Waals surface area contributed by atoms with Gasteiger partial charge in [-0.05, 0) is 32.1 Å². The van der Waals surface area contributed by atoms with E-state index in [0.29, 0.717) is 6.54 Å². The number of halogens is 1. The van der Waals surface area contributed by atoms with Crippen molar-refractivity contribution in [3.63, 3.8) is 0 Å². The molecule has 16 heavy (non-hydrogen) atoms. The first kappa shape index (κ1) is 15.3. The van der Waals surface area contributed by atoms with E-state index in [0.717, 1.165) is 13.0 Å². The Bertz CT molecular complexity index is 383. The van der Waals surface area contributed by atoms with E-state index in [-0.39, 0.29) is 17.3 Å².